The summed E-state index contributed by atoms with van der Waals surface area (Å²) in [6, 6.07) is 4.84. The molecule has 0 aliphatic carbocycles. The van der Waals surface area contributed by atoms with E-state index in [-0.39, 0.29) is 17.4 Å². The van der Waals surface area contributed by atoms with Crippen LogP contribution in [0.1, 0.15) is 42.1 Å². The van der Waals surface area contributed by atoms with Gasteiger partial charge in [0.05, 0.1) is 23.9 Å². The van der Waals surface area contributed by atoms with Crippen LogP contribution < -0.4 is 15.0 Å². The van der Waals surface area contributed by atoms with Crippen LogP contribution in [0.15, 0.2) is 23.0 Å². The number of pyridine rings is 1. The zero-order valence-electron chi connectivity index (χ0n) is 16.6. The molecular formula is C21H24ClNO6. The minimum Gasteiger partial charge on any atom is -0.492 e. The molecule has 0 radical (unpaired) electrons. The summed E-state index contributed by atoms with van der Waals surface area (Å²) in [6.07, 6.45) is 0.717. The van der Waals surface area contributed by atoms with Gasteiger partial charge < -0.3 is 24.3 Å². The number of H-pyrrole nitrogens is 1. The predicted octanol–water partition coefficient (Wildman–Crippen LogP) is 3.94. The van der Waals surface area contributed by atoms with Crippen molar-refractivity contribution in [3.05, 3.63) is 44.7 Å². The number of carboxylic acids is 1. The van der Waals surface area contributed by atoms with Gasteiger partial charge in [0, 0.05) is 37.7 Å². The molecule has 2 N–H and O–H groups in total. The number of methoxy groups -OCH3 is 1. The third-order valence-electron chi connectivity index (χ3n) is 4.98. The summed E-state index contributed by atoms with van der Waals surface area (Å²) in [5.74, 6) is -0.192. The van der Waals surface area contributed by atoms with Crippen LogP contribution in [0.5, 0.6) is 11.5 Å². The van der Waals surface area contributed by atoms with E-state index in [1.54, 1.807) is 19.2 Å². The number of hydrogen-bond acceptors (Lipinski definition) is 5. The van der Waals surface area contributed by atoms with Crippen LogP contribution in [0.2, 0.25) is 5.02 Å². The summed E-state index contributed by atoms with van der Waals surface area (Å²) in [5.41, 5.74) is 0.899. The summed E-state index contributed by atoms with van der Waals surface area (Å²) >= 11 is 6.42. The molecule has 2 heterocycles. The molecule has 0 saturated heterocycles. The molecule has 1 aliphatic heterocycles. The molecule has 1 aromatic heterocycles. The first-order chi connectivity index (χ1) is 13.8. The number of benzene rings is 1. The van der Waals surface area contributed by atoms with Crippen molar-refractivity contribution in [1.82, 2.24) is 4.98 Å². The van der Waals surface area contributed by atoms with Crippen molar-refractivity contribution >= 4 is 17.6 Å². The molecule has 8 heteroatoms. The van der Waals surface area contributed by atoms with Gasteiger partial charge in [0.15, 0.2) is 0 Å². The summed E-state index contributed by atoms with van der Waals surface area (Å²) in [5, 5.41) is 9.74. The van der Waals surface area contributed by atoms with Crippen molar-refractivity contribution in [3.8, 4) is 22.8 Å². The number of halogens is 1. The Morgan fingerprint density at radius 3 is 2.76 bits per heavy atom. The van der Waals surface area contributed by atoms with E-state index >= 15 is 0 Å². The van der Waals surface area contributed by atoms with Crippen molar-refractivity contribution in [2.24, 2.45) is 5.92 Å². The van der Waals surface area contributed by atoms with E-state index < -0.39 is 11.5 Å². The maximum absolute atomic E-state index is 12.3. The first-order valence-corrected chi connectivity index (χ1v) is 9.80. The second-order valence-electron chi connectivity index (χ2n) is 7.28. The number of ether oxygens (including phenoxy) is 3. The van der Waals surface area contributed by atoms with Gasteiger partial charge in [-0.05, 0) is 23.6 Å². The molecule has 156 valence electrons. The second kappa shape index (κ2) is 8.88. The number of aromatic nitrogens is 1. The Labute approximate surface area is 173 Å². The number of nitrogens with one attached hydrogen (secondary N) is 1. The number of fused-ring (bicyclic) bond motifs is 3. The Morgan fingerprint density at radius 2 is 2.10 bits per heavy atom. The van der Waals surface area contributed by atoms with E-state index in [9.17, 15) is 14.7 Å². The average molecular weight is 422 g/mol. The minimum atomic E-state index is -1.26. The lowest BCUT2D eigenvalue weighted by molar-refractivity contribution is 0.0694. The monoisotopic (exact) mass is 421 g/mol. The van der Waals surface area contributed by atoms with Crippen LogP contribution in [0.4, 0.5) is 0 Å². The molecule has 0 spiro atoms. The Bertz CT molecular complexity index is 968. The average Bonchev–Trinajstić information content (AvgIpc) is 2.81. The molecular weight excluding hydrogens is 398 g/mol. The van der Waals surface area contributed by atoms with Gasteiger partial charge in [0.2, 0.25) is 0 Å². The van der Waals surface area contributed by atoms with Gasteiger partial charge in [-0.15, -0.1) is 0 Å². The maximum atomic E-state index is 12.3. The van der Waals surface area contributed by atoms with Crippen LogP contribution in [0, 0.1) is 5.92 Å². The Morgan fingerprint density at radius 1 is 1.34 bits per heavy atom. The van der Waals surface area contributed by atoms with Gasteiger partial charge in [-0.25, -0.2) is 4.79 Å². The maximum Gasteiger partial charge on any atom is 0.341 e. The Hall–Kier alpha value is -2.51. The lowest BCUT2D eigenvalue weighted by Crippen LogP contribution is -2.22. The van der Waals surface area contributed by atoms with Gasteiger partial charge in [0.1, 0.15) is 17.1 Å². The van der Waals surface area contributed by atoms with Crippen molar-refractivity contribution in [3.63, 3.8) is 0 Å². The zero-order chi connectivity index (χ0) is 21.1. The van der Waals surface area contributed by atoms with E-state index in [0.29, 0.717) is 54.0 Å². The predicted molar refractivity (Wildman–Crippen MR) is 110 cm³/mol. The van der Waals surface area contributed by atoms with Crippen molar-refractivity contribution < 1.29 is 24.1 Å². The number of hydrogen-bond donors (Lipinski definition) is 2. The molecule has 0 saturated carbocycles. The van der Waals surface area contributed by atoms with Gasteiger partial charge in [0.25, 0.3) is 5.56 Å². The molecule has 0 bridgehead atoms. The number of carbonyl (C=O) groups is 1. The Balaban J connectivity index is 2.09. The van der Waals surface area contributed by atoms with Crippen LogP contribution >= 0.6 is 11.6 Å². The van der Waals surface area contributed by atoms with Crippen LogP contribution in [0.25, 0.3) is 11.3 Å². The molecule has 0 unspecified atom stereocenters. The molecule has 0 amide bonds. The van der Waals surface area contributed by atoms with E-state index in [1.165, 1.54) is 6.07 Å². The standard InChI is InChI=1S/C21H24ClNO6/c1-11(2)15-10-29-17-9-18(28-6-4-5-27-3)16(22)8-13(17)19-12(15)7-14(21(25)26)20(24)23-19/h7-9,11,15H,4-6,10H2,1-3H3,(H,23,24)(H,25,26)/t15-/m0/s1. The second-order valence-corrected chi connectivity index (χ2v) is 7.69. The molecule has 1 aliphatic rings. The molecule has 1 atom stereocenters. The largest absolute Gasteiger partial charge is 0.492 e. The number of rotatable bonds is 7. The zero-order valence-corrected chi connectivity index (χ0v) is 17.3. The fourth-order valence-corrected chi connectivity index (χ4v) is 3.61. The van der Waals surface area contributed by atoms with Crippen molar-refractivity contribution in [2.45, 2.75) is 26.2 Å². The number of carboxylic acid groups (broad SMARTS) is 1. The van der Waals surface area contributed by atoms with Crippen molar-refractivity contribution in [1.29, 1.82) is 0 Å². The molecule has 29 heavy (non-hydrogen) atoms. The first-order valence-electron chi connectivity index (χ1n) is 9.42. The molecule has 3 rings (SSSR count). The van der Waals surface area contributed by atoms with Crippen LogP contribution in [-0.4, -0.2) is 43.0 Å². The summed E-state index contributed by atoms with van der Waals surface area (Å²) in [4.78, 5) is 26.5. The quantitative estimate of drug-likeness (QED) is 0.657. The number of aromatic amines is 1. The normalized spacial score (nSPS) is 15.3. The van der Waals surface area contributed by atoms with Gasteiger partial charge in [-0.3, -0.25) is 4.79 Å². The lowest BCUT2D eigenvalue weighted by atomic mass is 9.86. The van der Waals surface area contributed by atoms with Crippen molar-refractivity contribution in [2.75, 3.05) is 26.9 Å². The molecule has 0 fully saturated rings. The number of aromatic carboxylic acids is 1. The van der Waals surface area contributed by atoms with E-state index in [1.807, 2.05) is 13.8 Å². The van der Waals surface area contributed by atoms with Gasteiger partial charge in [-0.2, -0.15) is 0 Å². The van der Waals surface area contributed by atoms with Crippen LogP contribution in [0.3, 0.4) is 0 Å². The third kappa shape index (κ3) is 4.41. The highest BCUT2D eigenvalue weighted by Crippen LogP contribution is 2.44. The third-order valence-corrected chi connectivity index (χ3v) is 5.27. The fraction of sp³-hybridized carbons (Fsp3) is 0.429. The van der Waals surface area contributed by atoms with Gasteiger partial charge in [-0.1, -0.05) is 25.4 Å². The smallest absolute Gasteiger partial charge is 0.341 e. The summed E-state index contributed by atoms with van der Waals surface area (Å²) in [6.45, 7) is 5.41. The summed E-state index contributed by atoms with van der Waals surface area (Å²) < 4.78 is 16.8. The lowest BCUT2D eigenvalue weighted by Gasteiger charge is -2.20. The molecule has 7 nitrogen and oxygen atoms in total. The summed E-state index contributed by atoms with van der Waals surface area (Å²) in [7, 11) is 1.63. The molecule has 2 aromatic rings. The highest BCUT2D eigenvalue weighted by molar-refractivity contribution is 6.32. The van der Waals surface area contributed by atoms with E-state index in [0.717, 1.165) is 5.56 Å². The highest BCUT2D eigenvalue weighted by atomic mass is 35.5. The molecule has 1 aromatic carbocycles. The minimum absolute atomic E-state index is 0.0998. The van der Waals surface area contributed by atoms with Crippen LogP contribution in [-0.2, 0) is 4.74 Å². The highest BCUT2D eigenvalue weighted by Gasteiger charge is 2.29. The topological polar surface area (TPSA) is 97.9 Å². The SMILES string of the molecule is COCCCOc1cc2c(cc1Cl)-c1[nH]c(=O)c(C(=O)O)cc1[C@H](C(C)C)CO2. The van der Waals surface area contributed by atoms with E-state index in [4.69, 9.17) is 25.8 Å². The Kier molecular flexibility index (Phi) is 6.49. The van der Waals surface area contributed by atoms with Gasteiger partial charge >= 0.3 is 5.97 Å². The first kappa shape index (κ1) is 21.2. The fourth-order valence-electron chi connectivity index (χ4n) is 3.39. The van der Waals surface area contributed by atoms with E-state index in [2.05, 4.69) is 4.98 Å².